The summed E-state index contributed by atoms with van der Waals surface area (Å²) in [6.07, 6.45) is 2.69. The van der Waals surface area contributed by atoms with Crippen LogP contribution in [0.4, 0.5) is 0 Å². The third-order valence-electron chi connectivity index (χ3n) is 2.49. The predicted octanol–water partition coefficient (Wildman–Crippen LogP) is 1.07. The lowest BCUT2D eigenvalue weighted by molar-refractivity contribution is 0.0694. The lowest BCUT2D eigenvalue weighted by Gasteiger charge is -2.13. The highest BCUT2D eigenvalue weighted by atomic mass is 16.4. The molecule has 0 aromatic carbocycles. The molecule has 0 atom stereocenters. The molecule has 0 radical (unpaired) electrons. The lowest BCUT2D eigenvalue weighted by atomic mass is 10.2. The Morgan fingerprint density at radius 2 is 2.18 bits per heavy atom. The number of rotatable bonds is 2. The number of pyridine rings is 1. The van der Waals surface area contributed by atoms with Crippen molar-refractivity contribution in [3.63, 3.8) is 0 Å². The van der Waals surface area contributed by atoms with Gasteiger partial charge in [0.25, 0.3) is 0 Å². The molecule has 0 unspecified atom stereocenters. The normalized spacial score (nSPS) is 11.0. The summed E-state index contributed by atoms with van der Waals surface area (Å²) in [4.78, 5) is 22.9. The van der Waals surface area contributed by atoms with Crippen LogP contribution in [0.3, 0.4) is 0 Å². The Hall–Kier alpha value is -2.24. The van der Waals surface area contributed by atoms with E-state index in [1.807, 2.05) is 13.8 Å². The zero-order chi connectivity index (χ0) is 12.6. The Balaban J connectivity index is 2.95. The second-order valence-electron chi connectivity index (χ2n) is 3.95. The molecular formula is C11H11N3O3. The van der Waals surface area contributed by atoms with Crippen molar-refractivity contribution >= 4 is 17.0 Å². The molecule has 1 N–H and O–H groups in total. The van der Waals surface area contributed by atoms with Crippen molar-refractivity contribution in [2.75, 3.05) is 0 Å². The monoisotopic (exact) mass is 233 g/mol. The van der Waals surface area contributed by atoms with Crippen LogP contribution in [0.5, 0.6) is 0 Å². The lowest BCUT2D eigenvalue weighted by Crippen LogP contribution is -2.20. The van der Waals surface area contributed by atoms with Crippen molar-refractivity contribution in [2.24, 2.45) is 0 Å². The second-order valence-corrected chi connectivity index (χ2v) is 3.95. The second kappa shape index (κ2) is 3.97. The van der Waals surface area contributed by atoms with E-state index in [4.69, 9.17) is 5.11 Å². The third kappa shape index (κ3) is 1.77. The molecule has 0 saturated heterocycles. The number of fused-ring (bicyclic) bond motifs is 1. The number of carboxylic acids is 1. The van der Waals surface area contributed by atoms with Crippen molar-refractivity contribution in [2.45, 2.75) is 19.9 Å². The fourth-order valence-electron chi connectivity index (χ4n) is 1.64. The molecule has 2 rings (SSSR count). The largest absolute Gasteiger partial charge is 0.477 e. The summed E-state index contributed by atoms with van der Waals surface area (Å²) in [5.41, 5.74) is -0.379. The van der Waals surface area contributed by atoms with Crippen molar-refractivity contribution in [3.05, 3.63) is 34.2 Å². The fourth-order valence-corrected chi connectivity index (χ4v) is 1.64. The SMILES string of the molecule is CC(C)n1cc(C(=O)O)c(=O)c2ccnnc21. The fraction of sp³-hybridized carbons (Fsp3) is 0.273. The van der Waals surface area contributed by atoms with E-state index in [9.17, 15) is 9.59 Å². The van der Waals surface area contributed by atoms with Gasteiger partial charge in [-0.3, -0.25) is 4.79 Å². The zero-order valence-corrected chi connectivity index (χ0v) is 9.41. The smallest absolute Gasteiger partial charge is 0.341 e. The molecule has 0 spiro atoms. The number of hydrogen-bond acceptors (Lipinski definition) is 4. The van der Waals surface area contributed by atoms with Gasteiger partial charge < -0.3 is 9.67 Å². The topological polar surface area (TPSA) is 85.1 Å². The molecule has 6 nitrogen and oxygen atoms in total. The first-order valence-corrected chi connectivity index (χ1v) is 5.12. The first-order valence-electron chi connectivity index (χ1n) is 5.12. The molecule has 0 bridgehead atoms. The van der Waals surface area contributed by atoms with Gasteiger partial charge >= 0.3 is 5.97 Å². The number of carbonyl (C=O) groups is 1. The van der Waals surface area contributed by atoms with E-state index in [2.05, 4.69) is 10.2 Å². The summed E-state index contributed by atoms with van der Waals surface area (Å²) in [6.45, 7) is 3.76. The van der Waals surface area contributed by atoms with Crippen molar-refractivity contribution in [1.29, 1.82) is 0 Å². The highest BCUT2D eigenvalue weighted by Crippen LogP contribution is 2.13. The summed E-state index contributed by atoms with van der Waals surface area (Å²) in [5, 5.41) is 16.9. The summed E-state index contributed by atoms with van der Waals surface area (Å²) < 4.78 is 1.63. The molecule has 0 aliphatic heterocycles. The molecule has 2 aromatic heterocycles. The number of carboxylic acid groups (broad SMARTS) is 1. The number of nitrogens with zero attached hydrogens (tertiary/aromatic N) is 3. The van der Waals surface area contributed by atoms with Crippen LogP contribution in [-0.2, 0) is 0 Å². The molecule has 2 heterocycles. The Kier molecular flexibility index (Phi) is 2.63. The van der Waals surface area contributed by atoms with Crippen LogP contribution in [0.2, 0.25) is 0 Å². The van der Waals surface area contributed by atoms with E-state index < -0.39 is 11.4 Å². The molecule has 0 aliphatic rings. The maximum absolute atomic E-state index is 11.9. The van der Waals surface area contributed by atoms with E-state index in [1.54, 1.807) is 4.57 Å². The highest BCUT2D eigenvalue weighted by molar-refractivity contribution is 5.91. The average Bonchev–Trinajstić information content (AvgIpc) is 2.29. The van der Waals surface area contributed by atoms with E-state index >= 15 is 0 Å². The quantitative estimate of drug-likeness (QED) is 0.838. The van der Waals surface area contributed by atoms with E-state index in [0.29, 0.717) is 5.65 Å². The van der Waals surface area contributed by atoms with Crippen molar-refractivity contribution in [3.8, 4) is 0 Å². The number of aromatic carboxylic acids is 1. The van der Waals surface area contributed by atoms with Crippen molar-refractivity contribution in [1.82, 2.24) is 14.8 Å². The van der Waals surface area contributed by atoms with Crippen molar-refractivity contribution < 1.29 is 9.90 Å². The molecule has 88 valence electrons. The maximum Gasteiger partial charge on any atom is 0.341 e. The predicted molar refractivity (Wildman–Crippen MR) is 61.1 cm³/mol. The van der Waals surface area contributed by atoms with Gasteiger partial charge in [-0.2, -0.15) is 5.10 Å². The summed E-state index contributed by atoms with van der Waals surface area (Å²) in [5.74, 6) is -1.23. The molecule has 0 aliphatic carbocycles. The summed E-state index contributed by atoms with van der Waals surface area (Å²) >= 11 is 0. The van der Waals surface area contributed by atoms with E-state index in [1.165, 1.54) is 18.5 Å². The minimum atomic E-state index is -1.23. The van der Waals surface area contributed by atoms with Crippen LogP contribution in [0, 0.1) is 0 Å². The van der Waals surface area contributed by atoms with Gasteiger partial charge in [-0.15, -0.1) is 5.10 Å². The van der Waals surface area contributed by atoms with Gasteiger partial charge in [0.1, 0.15) is 5.56 Å². The van der Waals surface area contributed by atoms with Crippen LogP contribution >= 0.6 is 0 Å². The molecule has 0 amide bonds. The maximum atomic E-state index is 11.9. The molecule has 17 heavy (non-hydrogen) atoms. The van der Waals surface area contributed by atoms with Crippen LogP contribution < -0.4 is 5.43 Å². The Morgan fingerprint density at radius 1 is 1.47 bits per heavy atom. The molecular weight excluding hydrogens is 222 g/mol. The molecule has 2 aromatic rings. The Labute approximate surface area is 96.5 Å². The van der Waals surface area contributed by atoms with Crippen LogP contribution in [0.25, 0.3) is 11.0 Å². The average molecular weight is 233 g/mol. The van der Waals surface area contributed by atoms with Crippen LogP contribution in [0.15, 0.2) is 23.3 Å². The standard InChI is InChI=1S/C11H11N3O3/c1-6(2)14-5-8(11(16)17)9(15)7-3-4-12-13-10(7)14/h3-6H,1-2H3,(H,16,17). The molecule has 0 fully saturated rings. The van der Waals surface area contributed by atoms with Gasteiger partial charge in [-0.25, -0.2) is 4.79 Å². The van der Waals surface area contributed by atoms with Gasteiger partial charge in [-0.05, 0) is 19.9 Å². The number of hydrogen-bond donors (Lipinski definition) is 1. The summed E-state index contributed by atoms with van der Waals surface area (Å²) in [7, 11) is 0. The highest BCUT2D eigenvalue weighted by Gasteiger charge is 2.16. The molecule has 6 heteroatoms. The minimum Gasteiger partial charge on any atom is -0.477 e. The minimum absolute atomic E-state index is 0.00657. The van der Waals surface area contributed by atoms with Gasteiger partial charge in [0, 0.05) is 12.2 Å². The number of aromatic nitrogens is 3. The summed E-state index contributed by atoms with van der Waals surface area (Å²) in [6, 6.07) is 1.48. The third-order valence-corrected chi connectivity index (χ3v) is 2.49. The van der Waals surface area contributed by atoms with Gasteiger partial charge in [0.05, 0.1) is 11.6 Å². The Morgan fingerprint density at radius 3 is 2.76 bits per heavy atom. The van der Waals surface area contributed by atoms with Gasteiger partial charge in [0.2, 0.25) is 5.43 Å². The van der Waals surface area contributed by atoms with Crippen LogP contribution in [-0.4, -0.2) is 25.8 Å². The van der Waals surface area contributed by atoms with Crippen LogP contribution in [0.1, 0.15) is 30.2 Å². The first-order chi connectivity index (χ1) is 8.02. The first kappa shape index (κ1) is 11.3. The van der Waals surface area contributed by atoms with E-state index in [0.717, 1.165) is 0 Å². The van der Waals surface area contributed by atoms with Gasteiger partial charge in [0.15, 0.2) is 5.65 Å². The van der Waals surface area contributed by atoms with E-state index in [-0.39, 0.29) is 17.0 Å². The Bertz CT molecular complexity index is 646. The zero-order valence-electron chi connectivity index (χ0n) is 9.41. The van der Waals surface area contributed by atoms with Gasteiger partial charge in [-0.1, -0.05) is 0 Å². The molecule has 0 saturated carbocycles.